The third kappa shape index (κ3) is 3.72. The summed E-state index contributed by atoms with van der Waals surface area (Å²) in [6, 6.07) is 6.09. The number of carboxylic acid groups (broad SMARTS) is 1. The summed E-state index contributed by atoms with van der Waals surface area (Å²) in [4.78, 5) is 11.0. The molecular formula is C16H24O3. The quantitative estimate of drug-likeness (QED) is 0.853. The number of hydrogen-bond acceptors (Lipinski definition) is 2. The Morgan fingerprint density at radius 3 is 2.53 bits per heavy atom. The Hall–Kier alpha value is -1.51. The van der Waals surface area contributed by atoms with Gasteiger partial charge in [-0.25, -0.2) is 0 Å². The van der Waals surface area contributed by atoms with Gasteiger partial charge in [0.1, 0.15) is 5.75 Å². The highest BCUT2D eigenvalue weighted by Crippen LogP contribution is 2.31. The van der Waals surface area contributed by atoms with Crippen molar-refractivity contribution in [3.63, 3.8) is 0 Å². The van der Waals surface area contributed by atoms with Gasteiger partial charge in [-0.1, -0.05) is 39.8 Å². The summed E-state index contributed by atoms with van der Waals surface area (Å²) in [6.07, 6.45) is 1.53. The molecule has 0 fully saturated rings. The van der Waals surface area contributed by atoms with Crippen molar-refractivity contribution < 1.29 is 14.6 Å². The summed E-state index contributed by atoms with van der Waals surface area (Å²) in [5.74, 6) is -0.417. The Labute approximate surface area is 115 Å². The van der Waals surface area contributed by atoms with Gasteiger partial charge in [0.15, 0.2) is 0 Å². The van der Waals surface area contributed by atoms with E-state index in [0.717, 1.165) is 17.7 Å². The Kier molecular flexibility index (Phi) is 4.98. The molecule has 1 N–H and O–H groups in total. The van der Waals surface area contributed by atoms with Crippen LogP contribution in [0.1, 0.15) is 45.2 Å². The van der Waals surface area contributed by atoms with Crippen LogP contribution in [0, 0.1) is 5.92 Å². The van der Waals surface area contributed by atoms with E-state index in [1.54, 1.807) is 14.0 Å². The largest absolute Gasteiger partial charge is 0.496 e. The smallest absolute Gasteiger partial charge is 0.306 e. The molecule has 1 atom stereocenters. The van der Waals surface area contributed by atoms with Crippen LogP contribution < -0.4 is 4.74 Å². The SMILES string of the molecule is CCC(C)(C)c1ccc(OC)c(CC(C)C(=O)O)c1. The average Bonchev–Trinajstić information content (AvgIpc) is 2.38. The van der Waals surface area contributed by atoms with Crippen molar-refractivity contribution in [1.29, 1.82) is 0 Å². The van der Waals surface area contributed by atoms with E-state index in [1.807, 2.05) is 6.07 Å². The fraction of sp³-hybridized carbons (Fsp3) is 0.562. The van der Waals surface area contributed by atoms with Gasteiger partial charge in [0, 0.05) is 0 Å². The number of methoxy groups -OCH3 is 1. The molecule has 0 aromatic heterocycles. The Morgan fingerprint density at radius 1 is 1.42 bits per heavy atom. The maximum absolute atomic E-state index is 11.0. The van der Waals surface area contributed by atoms with Crippen molar-refractivity contribution in [2.75, 3.05) is 7.11 Å². The van der Waals surface area contributed by atoms with E-state index in [-0.39, 0.29) is 5.41 Å². The zero-order chi connectivity index (χ0) is 14.6. The molecule has 106 valence electrons. The molecule has 0 amide bonds. The minimum atomic E-state index is -0.776. The van der Waals surface area contributed by atoms with Crippen LogP contribution in [0.3, 0.4) is 0 Å². The van der Waals surface area contributed by atoms with Crippen LogP contribution in [0.2, 0.25) is 0 Å². The number of rotatable bonds is 6. The van der Waals surface area contributed by atoms with Gasteiger partial charge in [0.2, 0.25) is 0 Å². The van der Waals surface area contributed by atoms with Crippen molar-refractivity contribution >= 4 is 5.97 Å². The second-order valence-electron chi connectivity index (χ2n) is 5.71. The summed E-state index contributed by atoms with van der Waals surface area (Å²) >= 11 is 0. The number of ether oxygens (including phenoxy) is 1. The number of hydrogen-bond donors (Lipinski definition) is 1. The fourth-order valence-electron chi connectivity index (χ4n) is 1.98. The lowest BCUT2D eigenvalue weighted by molar-refractivity contribution is -0.141. The van der Waals surface area contributed by atoms with Crippen LogP contribution in [0.15, 0.2) is 18.2 Å². The molecular weight excluding hydrogens is 240 g/mol. The molecule has 0 aliphatic carbocycles. The number of benzene rings is 1. The van der Waals surface area contributed by atoms with Gasteiger partial charge in [-0.05, 0) is 35.4 Å². The summed E-state index contributed by atoms with van der Waals surface area (Å²) in [5.41, 5.74) is 2.29. The van der Waals surface area contributed by atoms with Gasteiger partial charge in [-0.3, -0.25) is 4.79 Å². The van der Waals surface area contributed by atoms with Crippen molar-refractivity contribution in [3.8, 4) is 5.75 Å². The van der Waals surface area contributed by atoms with Gasteiger partial charge < -0.3 is 9.84 Å². The summed E-state index contributed by atoms with van der Waals surface area (Å²) in [5, 5.41) is 9.04. The second-order valence-corrected chi connectivity index (χ2v) is 5.71. The highest BCUT2D eigenvalue weighted by Gasteiger charge is 2.21. The number of aliphatic carboxylic acids is 1. The molecule has 0 saturated heterocycles. The number of carbonyl (C=O) groups is 1. The standard InChI is InChI=1S/C16H24O3/c1-6-16(3,4)13-7-8-14(19-5)12(10-13)9-11(2)15(17)18/h7-8,10-11H,6,9H2,1-5H3,(H,17,18). The molecule has 0 saturated carbocycles. The molecule has 3 heteroatoms. The second kappa shape index (κ2) is 6.09. The molecule has 0 heterocycles. The summed E-state index contributed by atoms with van der Waals surface area (Å²) < 4.78 is 5.33. The van der Waals surface area contributed by atoms with E-state index >= 15 is 0 Å². The van der Waals surface area contributed by atoms with Crippen LogP contribution in [0.5, 0.6) is 5.75 Å². The van der Waals surface area contributed by atoms with E-state index in [9.17, 15) is 4.79 Å². The monoisotopic (exact) mass is 264 g/mol. The van der Waals surface area contributed by atoms with Crippen LogP contribution in [-0.2, 0) is 16.6 Å². The van der Waals surface area contributed by atoms with Crippen molar-refractivity contribution in [2.24, 2.45) is 5.92 Å². The molecule has 19 heavy (non-hydrogen) atoms. The maximum Gasteiger partial charge on any atom is 0.306 e. The molecule has 0 radical (unpaired) electrons. The topological polar surface area (TPSA) is 46.5 Å². The first kappa shape index (κ1) is 15.5. The van der Waals surface area contributed by atoms with Crippen LogP contribution in [-0.4, -0.2) is 18.2 Å². The summed E-state index contributed by atoms with van der Waals surface area (Å²) in [6.45, 7) is 8.27. The van der Waals surface area contributed by atoms with E-state index in [2.05, 4.69) is 32.9 Å². The highest BCUT2D eigenvalue weighted by molar-refractivity contribution is 5.70. The van der Waals surface area contributed by atoms with Crippen molar-refractivity contribution in [1.82, 2.24) is 0 Å². The minimum absolute atomic E-state index is 0.0908. The molecule has 0 bridgehead atoms. The molecule has 1 rings (SSSR count). The molecule has 1 aromatic carbocycles. The zero-order valence-corrected chi connectivity index (χ0v) is 12.5. The van der Waals surface area contributed by atoms with E-state index in [1.165, 1.54) is 5.56 Å². The fourth-order valence-corrected chi connectivity index (χ4v) is 1.98. The predicted molar refractivity (Wildman–Crippen MR) is 76.8 cm³/mol. The third-order valence-electron chi connectivity index (χ3n) is 3.89. The highest BCUT2D eigenvalue weighted by atomic mass is 16.5. The minimum Gasteiger partial charge on any atom is -0.496 e. The third-order valence-corrected chi connectivity index (χ3v) is 3.89. The van der Waals surface area contributed by atoms with Crippen LogP contribution >= 0.6 is 0 Å². The maximum atomic E-state index is 11.0. The van der Waals surface area contributed by atoms with E-state index in [4.69, 9.17) is 9.84 Å². The Bertz CT molecular complexity index is 449. The summed E-state index contributed by atoms with van der Waals surface area (Å²) in [7, 11) is 1.62. The van der Waals surface area contributed by atoms with Gasteiger partial charge in [0.05, 0.1) is 13.0 Å². The zero-order valence-electron chi connectivity index (χ0n) is 12.5. The normalized spacial score (nSPS) is 13.1. The Balaban J connectivity index is 3.13. The molecule has 1 unspecified atom stereocenters. The van der Waals surface area contributed by atoms with E-state index < -0.39 is 11.9 Å². The molecule has 3 nitrogen and oxygen atoms in total. The first-order valence-electron chi connectivity index (χ1n) is 6.72. The molecule has 1 aromatic rings. The number of carboxylic acids is 1. The predicted octanol–water partition coefficient (Wildman–Crippen LogP) is 3.65. The van der Waals surface area contributed by atoms with Gasteiger partial charge in [-0.15, -0.1) is 0 Å². The first-order valence-corrected chi connectivity index (χ1v) is 6.72. The first-order chi connectivity index (χ1) is 8.81. The van der Waals surface area contributed by atoms with Gasteiger partial charge in [-0.2, -0.15) is 0 Å². The van der Waals surface area contributed by atoms with Gasteiger partial charge in [0.25, 0.3) is 0 Å². The molecule has 0 spiro atoms. The lowest BCUT2D eigenvalue weighted by atomic mass is 9.81. The Morgan fingerprint density at radius 2 is 2.05 bits per heavy atom. The molecule has 0 aliphatic heterocycles. The lowest BCUT2D eigenvalue weighted by Crippen LogP contribution is -2.17. The van der Waals surface area contributed by atoms with Crippen LogP contribution in [0.4, 0.5) is 0 Å². The van der Waals surface area contributed by atoms with Crippen molar-refractivity contribution in [2.45, 2.75) is 46.0 Å². The van der Waals surface area contributed by atoms with Crippen molar-refractivity contribution in [3.05, 3.63) is 29.3 Å². The molecule has 0 aliphatic rings. The lowest BCUT2D eigenvalue weighted by Gasteiger charge is -2.25. The van der Waals surface area contributed by atoms with Crippen LogP contribution in [0.25, 0.3) is 0 Å². The van der Waals surface area contributed by atoms with E-state index in [0.29, 0.717) is 6.42 Å². The van der Waals surface area contributed by atoms with Gasteiger partial charge >= 0.3 is 5.97 Å². The average molecular weight is 264 g/mol.